The van der Waals surface area contributed by atoms with E-state index < -0.39 is 0 Å². The van der Waals surface area contributed by atoms with Gasteiger partial charge >= 0.3 is 5.97 Å². The molecule has 4 heteroatoms. The molecule has 0 aliphatic carbocycles. The summed E-state index contributed by atoms with van der Waals surface area (Å²) in [7, 11) is 0. The van der Waals surface area contributed by atoms with Crippen molar-refractivity contribution in [3.63, 3.8) is 0 Å². The molecule has 0 N–H and O–H groups in total. The minimum absolute atomic E-state index is 0.142. The van der Waals surface area contributed by atoms with Crippen LogP contribution in [0, 0.1) is 0 Å². The number of esters is 1. The fraction of sp³-hybridized carbons (Fsp3) is 0.346. The second kappa shape index (κ2) is 15.2. The fourth-order valence-electron chi connectivity index (χ4n) is 2.68. The Morgan fingerprint density at radius 2 is 1.63 bits per heavy atom. The molecule has 30 heavy (non-hydrogen) atoms. The second-order valence-electron chi connectivity index (χ2n) is 6.92. The topological polar surface area (TPSA) is 44.8 Å². The van der Waals surface area contributed by atoms with Crippen LogP contribution in [0.5, 0.6) is 0 Å². The van der Waals surface area contributed by atoms with Gasteiger partial charge in [0.1, 0.15) is 12.7 Å². The van der Waals surface area contributed by atoms with Crippen molar-refractivity contribution in [3.8, 4) is 0 Å². The highest BCUT2D eigenvalue weighted by molar-refractivity contribution is 5.89. The van der Waals surface area contributed by atoms with Gasteiger partial charge in [0.25, 0.3) is 0 Å². The van der Waals surface area contributed by atoms with E-state index in [4.69, 9.17) is 14.2 Å². The van der Waals surface area contributed by atoms with Crippen molar-refractivity contribution in [3.05, 3.63) is 96.1 Å². The predicted octanol–water partition coefficient (Wildman–Crippen LogP) is 5.75. The van der Waals surface area contributed by atoms with Crippen molar-refractivity contribution >= 4 is 5.97 Å². The zero-order chi connectivity index (χ0) is 21.3. The van der Waals surface area contributed by atoms with Crippen molar-refractivity contribution in [1.82, 2.24) is 0 Å². The summed E-state index contributed by atoms with van der Waals surface area (Å²) in [5.41, 5.74) is 1.62. The van der Waals surface area contributed by atoms with Crippen LogP contribution in [0.4, 0.5) is 0 Å². The van der Waals surface area contributed by atoms with Crippen molar-refractivity contribution in [2.75, 3.05) is 19.8 Å². The number of carbonyl (C=O) groups is 1. The number of ether oxygens (including phenoxy) is 3. The monoisotopic (exact) mass is 408 g/mol. The van der Waals surface area contributed by atoms with Gasteiger partial charge in [0.15, 0.2) is 0 Å². The summed E-state index contributed by atoms with van der Waals surface area (Å²) in [6.45, 7) is 3.59. The molecule has 0 fully saturated rings. The molecular weight excluding hydrogens is 376 g/mol. The van der Waals surface area contributed by atoms with E-state index in [0.717, 1.165) is 12.0 Å². The molecule has 0 amide bonds. The van der Waals surface area contributed by atoms with Crippen molar-refractivity contribution in [2.24, 2.45) is 0 Å². The predicted molar refractivity (Wildman–Crippen MR) is 120 cm³/mol. The van der Waals surface area contributed by atoms with Crippen molar-refractivity contribution in [2.45, 2.75) is 38.9 Å². The molecule has 2 rings (SSSR count). The fourth-order valence-corrected chi connectivity index (χ4v) is 2.68. The van der Waals surface area contributed by atoms with Gasteiger partial charge in [0.2, 0.25) is 0 Å². The first-order chi connectivity index (χ1) is 14.8. The van der Waals surface area contributed by atoms with Crippen LogP contribution in [-0.4, -0.2) is 31.9 Å². The lowest BCUT2D eigenvalue weighted by molar-refractivity contribution is -0.0453. The molecule has 1 unspecified atom stereocenters. The van der Waals surface area contributed by atoms with E-state index in [-0.39, 0.29) is 18.7 Å². The molecule has 2 aromatic rings. The van der Waals surface area contributed by atoms with E-state index in [1.165, 1.54) is 12.8 Å². The molecule has 0 bridgehead atoms. The molecule has 160 valence electrons. The molecular formula is C26H32O4. The van der Waals surface area contributed by atoms with Crippen LogP contribution >= 0.6 is 0 Å². The van der Waals surface area contributed by atoms with Gasteiger partial charge in [-0.15, -0.1) is 0 Å². The number of benzene rings is 2. The maximum Gasteiger partial charge on any atom is 0.338 e. The van der Waals surface area contributed by atoms with Gasteiger partial charge in [-0.1, -0.05) is 92.6 Å². The third kappa shape index (κ3) is 10.2. The first-order valence-corrected chi connectivity index (χ1v) is 10.6. The van der Waals surface area contributed by atoms with Gasteiger partial charge in [-0.05, 0) is 24.1 Å². The van der Waals surface area contributed by atoms with Crippen LogP contribution in [0.1, 0.15) is 42.1 Å². The number of unbranched alkanes of at least 4 members (excludes halogenated alkanes) is 2. The molecule has 0 heterocycles. The standard InChI is InChI=1S/C26H32O4/c1-2-3-4-5-6-7-14-19-29-25(21-28-20-23-15-10-8-11-16-23)22-30-26(27)24-17-12-9-13-18-24/h5-18,25H,2-4,19-22H2,1H3/b6-5+,14-7+. The minimum atomic E-state index is -0.360. The lowest BCUT2D eigenvalue weighted by Gasteiger charge is -2.17. The van der Waals surface area contributed by atoms with Crippen LogP contribution in [0.25, 0.3) is 0 Å². The van der Waals surface area contributed by atoms with Crippen LogP contribution in [0.3, 0.4) is 0 Å². The first-order valence-electron chi connectivity index (χ1n) is 10.6. The van der Waals surface area contributed by atoms with E-state index in [2.05, 4.69) is 13.0 Å². The summed E-state index contributed by atoms with van der Waals surface area (Å²) < 4.78 is 17.1. The van der Waals surface area contributed by atoms with Gasteiger partial charge in [-0.25, -0.2) is 4.79 Å². The molecule has 1 atom stereocenters. The molecule has 0 aliphatic heterocycles. The Kier molecular flexibility index (Phi) is 11.9. The SMILES string of the molecule is CCCC/C=C/C=C/COC(COCc1ccccc1)COC(=O)c1ccccc1. The van der Waals surface area contributed by atoms with E-state index in [1.807, 2.05) is 66.8 Å². The Balaban J connectivity index is 1.79. The van der Waals surface area contributed by atoms with Crippen LogP contribution in [0.15, 0.2) is 85.0 Å². The van der Waals surface area contributed by atoms with E-state index in [1.54, 1.807) is 12.1 Å². The number of carbonyl (C=O) groups excluding carboxylic acids is 1. The highest BCUT2D eigenvalue weighted by Gasteiger charge is 2.14. The van der Waals surface area contributed by atoms with E-state index in [9.17, 15) is 4.79 Å². The summed E-state index contributed by atoms with van der Waals surface area (Å²) in [4.78, 5) is 12.2. The van der Waals surface area contributed by atoms with Crippen molar-refractivity contribution < 1.29 is 19.0 Å². The maximum absolute atomic E-state index is 12.2. The Morgan fingerprint density at radius 1 is 0.933 bits per heavy atom. The molecule has 0 aromatic heterocycles. The highest BCUT2D eigenvalue weighted by Crippen LogP contribution is 2.06. The Labute approximate surface area is 180 Å². The molecule has 2 aromatic carbocycles. The molecule has 4 nitrogen and oxygen atoms in total. The van der Waals surface area contributed by atoms with Crippen LogP contribution < -0.4 is 0 Å². The first kappa shape index (κ1) is 23.6. The van der Waals surface area contributed by atoms with Gasteiger partial charge in [0.05, 0.1) is 25.4 Å². The molecule has 0 saturated carbocycles. The third-order valence-electron chi connectivity index (χ3n) is 4.36. The second-order valence-corrected chi connectivity index (χ2v) is 6.92. The normalized spacial score (nSPS) is 12.4. The van der Waals surface area contributed by atoms with E-state index in [0.29, 0.717) is 25.4 Å². The average Bonchev–Trinajstić information content (AvgIpc) is 2.79. The number of rotatable bonds is 14. The van der Waals surface area contributed by atoms with Gasteiger partial charge in [-0.2, -0.15) is 0 Å². The molecule has 0 aliphatic rings. The zero-order valence-corrected chi connectivity index (χ0v) is 17.7. The smallest absolute Gasteiger partial charge is 0.338 e. The summed E-state index contributed by atoms with van der Waals surface area (Å²) in [5.74, 6) is -0.360. The summed E-state index contributed by atoms with van der Waals surface area (Å²) in [5, 5.41) is 0. The lowest BCUT2D eigenvalue weighted by Crippen LogP contribution is -2.27. The zero-order valence-electron chi connectivity index (χ0n) is 17.7. The van der Waals surface area contributed by atoms with E-state index >= 15 is 0 Å². The lowest BCUT2D eigenvalue weighted by atomic mass is 10.2. The quantitative estimate of drug-likeness (QED) is 0.227. The summed E-state index contributed by atoms with van der Waals surface area (Å²) in [6.07, 6.45) is 11.3. The van der Waals surface area contributed by atoms with Crippen molar-refractivity contribution in [1.29, 1.82) is 0 Å². The Morgan fingerprint density at radius 3 is 2.37 bits per heavy atom. The van der Waals surface area contributed by atoms with Crippen LogP contribution in [0.2, 0.25) is 0 Å². The molecule has 0 radical (unpaired) electrons. The average molecular weight is 409 g/mol. The largest absolute Gasteiger partial charge is 0.459 e. The Hall–Kier alpha value is -2.69. The minimum Gasteiger partial charge on any atom is -0.459 e. The number of allylic oxidation sites excluding steroid dienone is 3. The summed E-state index contributed by atoms with van der Waals surface area (Å²) >= 11 is 0. The maximum atomic E-state index is 12.2. The highest BCUT2D eigenvalue weighted by atomic mass is 16.6. The van der Waals surface area contributed by atoms with Crippen LogP contribution in [-0.2, 0) is 20.8 Å². The third-order valence-corrected chi connectivity index (χ3v) is 4.36. The number of hydrogen-bond donors (Lipinski definition) is 0. The van der Waals surface area contributed by atoms with Gasteiger partial charge in [-0.3, -0.25) is 0 Å². The molecule has 0 spiro atoms. The summed E-state index contributed by atoms with van der Waals surface area (Å²) in [6, 6.07) is 18.9. The van der Waals surface area contributed by atoms with Gasteiger partial charge in [0, 0.05) is 0 Å². The molecule has 0 saturated heterocycles. The number of hydrogen-bond acceptors (Lipinski definition) is 4. The van der Waals surface area contributed by atoms with Gasteiger partial charge < -0.3 is 14.2 Å². The Bertz CT molecular complexity index is 753.